The number of aromatic nitrogens is 3. The first-order chi connectivity index (χ1) is 14.9. The van der Waals surface area contributed by atoms with Gasteiger partial charge in [0.2, 0.25) is 12.3 Å². The maximum Gasteiger partial charge on any atom is 0.291 e. The van der Waals surface area contributed by atoms with Gasteiger partial charge < -0.3 is 4.90 Å². The van der Waals surface area contributed by atoms with Gasteiger partial charge in [-0.3, -0.25) is 24.9 Å². The minimum atomic E-state index is -2.50. The van der Waals surface area contributed by atoms with Crippen LogP contribution < -0.4 is 0 Å². The third-order valence-electron chi connectivity index (χ3n) is 5.00. The molecule has 4 heterocycles. The molecular weight excluding hydrogens is 408 g/mol. The van der Waals surface area contributed by atoms with Crippen molar-refractivity contribution in [1.82, 2.24) is 19.9 Å². The molecular formula is C21H17F2N5O3. The van der Waals surface area contributed by atoms with Crippen molar-refractivity contribution in [3.63, 3.8) is 0 Å². The Morgan fingerprint density at radius 1 is 1.19 bits per heavy atom. The van der Waals surface area contributed by atoms with Crippen LogP contribution in [0.4, 0.5) is 14.5 Å². The molecule has 1 aliphatic heterocycles. The number of halogens is 2. The predicted octanol–water partition coefficient (Wildman–Crippen LogP) is 3.34. The number of pyridine rings is 3. The number of amides is 1. The highest BCUT2D eigenvalue weighted by atomic mass is 19.3. The van der Waals surface area contributed by atoms with Crippen LogP contribution in [0.15, 0.2) is 48.9 Å². The van der Waals surface area contributed by atoms with Crippen LogP contribution in [0.3, 0.4) is 0 Å². The van der Waals surface area contributed by atoms with Crippen LogP contribution in [0.5, 0.6) is 0 Å². The average Bonchev–Trinajstić information content (AvgIpc) is 3.17. The molecule has 0 saturated heterocycles. The van der Waals surface area contributed by atoms with Crippen molar-refractivity contribution in [3.8, 4) is 11.3 Å². The van der Waals surface area contributed by atoms with E-state index in [0.29, 0.717) is 11.3 Å². The van der Waals surface area contributed by atoms with E-state index in [1.807, 2.05) is 0 Å². The monoisotopic (exact) mass is 425 g/mol. The number of carbonyl (C=O) groups excluding carboxylic acids is 1. The largest absolute Gasteiger partial charge is 0.334 e. The topological polar surface area (TPSA) is 102 Å². The lowest BCUT2D eigenvalue weighted by atomic mass is 10.1. The van der Waals surface area contributed by atoms with E-state index in [1.165, 1.54) is 23.2 Å². The fourth-order valence-electron chi connectivity index (χ4n) is 3.50. The molecule has 1 aliphatic rings. The summed E-state index contributed by atoms with van der Waals surface area (Å²) in [6, 6.07) is 7.93. The van der Waals surface area contributed by atoms with Crippen molar-refractivity contribution in [2.45, 2.75) is 32.4 Å². The number of alkyl halides is 2. The maximum absolute atomic E-state index is 12.9. The second-order valence-corrected chi connectivity index (χ2v) is 7.13. The van der Waals surface area contributed by atoms with Crippen LogP contribution in [-0.4, -0.2) is 37.1 Å². The Balaban J connectivity index is 1.54. The first-order valence-corrected chi connectivity index (χ1v) is 9.48. The SMILES string of the molecule is O=C(Cc1nc(-c2cccnc2)ccc1[N+](=O)[O-])N1Cc2cnc(CC(F)F)cc2C1. The van der Waals surface area contributed by atoms with Crippen molar-refractivity contribution >= 4 is 11.6 Å². The molecule has 0 unspecified atom stereocenters. The van der Waals surface area contributed by atoms with Gasteiger partial charge in [0.15, 0.2) is 0 Å². The Kier molecular flexibility index (Phi) is 5.61. The molecule has 0 atom stereocenters. The van der Waals surface area contributed by atoms with Gasteiger partial charge in [0.1, 0.15) is 5.69 Å². The molecule has 0 aromatic carbocycles. The molecule has 8 nitrogen and oxygen atoms in total. The first kappa shape index (κ1) is 20.5. The van der Waals surface area contributed by atoms with E-state index in [1.54, 1.807) is 30.6 Å². The van der Waals surface area contributed by atoms with E-state index in [9.17, 15) is 23.7 Å². The molecule has 0 spiro atoms. The van der Waals surface area contributed by atoms with E-state index in [2.05, 4.69) is 15.0 Å². The van der Waals surface area contributed by atoms with Gasteiger partial charge in [0, 0.05) is 49.0 Å². The fraction of sp³-hybridized carbons (Fsp3) is 0.238. The molecule has 10 heteroatoms. The van der Waals surface area contributed by atoms with E-state index in [4.69, 9.17) is 0 Å². The highest BCUT2D eigenvalue weighted by molar-refractivity contribution is 5.80. The van der Waals surface area contributed by atoms with Crippen molar-refractivity contribution in [2.75, 3.05) is 0 Å². The summed E-state index contributed by atoms with van der Waals surface area (Å²) >= 11 is 0. The molecule has 3 aromatic heterocycles. The normalized spacial score (nSPS) is 12.8. The molecule has 1 amide bonds. The van der Waals surface area contributed by atoms with Gasteiger partial charge in [-0.05, 0) is 35.4 Å². The average molecular weight is 425 g/mol. The van der Waals surface area contributed by atoms with Gasteiger partial charge in [0.05, 0.1) is 23.5 Å². The molecule has 158 valence electrons. The van der Waals surface area contributed by atoms with Gasteiger partial charge in [-0.25, -0.2) is 13.8 Å². The number of hydrogen-bond donors (Lipinski definition) is 0. The van der Waals surface area contributed by atoms with Crippen molar-refractivity contribution in [1.29, 1.82) is 0 Å². The van der Waals surface area contributed by atoms with Gasteiger partial charge in [-0.1, -0.05) is 0 Å². The number of nitrogens with zero attached hydrogens (tertiary/aromatic N) is 5. The Bertz CT molecular complexity index is 1140. The summed E-state index contributed by atoms with van der Waals surface area (Å²) in [5.74, 6) is -0.342. The molecule has 0 N–H and O–H groups in total. The van der Waals surface area contributed by atoms with Crippen molar-refractivity contribution in [3.05, 3.63) is 81.6 Å². The van der Waals surface area contributed by atoms with Gasteiger partial charge in [-0.2, -0.15) is 0 Å². The Morgan fingerprint density at radius 2 is 2.00 bits per heavy atom. The minimum Gasteiger partial charge on any atom is -0.334 e. The summed E-state index contributed by atoms with van der Waals surface area (Å²) in [5, 5.41) is 11.4. The minimum absolute atomic E-state index is 0.0591. The Labute approximate surface area is 175 Å². The summed E-state index contributed by atoms with van der Waals surface area (Å²) in [6.07, 6.45) is 1.49. The molecule has 0 fully saturated rings. The third-order valence-corrected chi connectivity index (χ3v) is 5.00. The molecule has 0 radical (unpaired) electrons. The number of rotatable bonds is 6. The van der Waals surface area contributed by atoms with E-state index < -0.39 is 17.8 Å². The van der Waals surface area contributed by atoms with Crippen molar-refractivity contribution in [2.24, 2.45) is 0 Å². The molecule has 0 bridgehead atoms. The summed E-state index contributed by atoms with van der Waals surface area (Å²) in [4.78, 5) is 37.7. The van der Waals surface area contributed by atoms with Crippen LogP contribution in [0, 0.1) is 10.1 Å². The van der Waals surface area contributed by atoms with Crippen LogP contribution >= 0.6 is 0 Å². The molecule has 0 saturated carbocycles. The number of hydrogen-bond acceptors (Lipinski definition) is 6. The third kappa shape index (κ3) is 4.52. The summed E-state index contributed by atoms with van der Waals surface area (Å²) < 4.78 is 25.2. The van der Waals surface area contributed by atoms with Gasteiger partial charge in [0.25, 0.3) is 5.69 Å². The zero-order valence-corrected chi connectivity index (χ0v) is 16.2. The van der Waals surface area contributed by atoms with Gasteiger partial charge in [-0.15, -0.1) is 0 Å². The lowest BCUT2D eigenvalue weighted by Crippen LogP contribution is -2.27. The predicted molar refractivity (Wildman–Crippen MR) is 106 cm³/mol. The van der Waals surface area contributed by atoms with Crippen LogP contribution in [0.2, 0.25) is 0 Å². The van der Waals surface area contributed by atoms with E-state index >= 15 is 0 Å². The maximum atomic E-state index is 12.9. The zero-order chi connectivity index (χ0) is 22.0. The summed E-state index contributed by atoms with van der Waals surface area (Å²) in [5.41, 5.74) is 2.78. The number of fused-ring (bicyclic) bond motifs is 1. The molecule has 31 heavy (non-hydrogen) atoms. The van der Waals surface area contributed by atoms with Crippen LogP contribution in [-0.2, 0) is 30.7 Å². The number of nitro groups is 1. The Hall–Kier alpha value is -3.82. The lowest BCUT2D eigenvalue weighted by Gasteiger charge is -2.15. The second kappa shape index (κ2) is 8.50. The smallest absolute Gasteiger partial charge is 0.291 e. The standard InChI is InChI=1S/C21H17F2N5O3/c22-20(23)7-16-6-14-11-27(12-15(14)10-25-16)21(29)8-18-19(28(30)31)4-3-17(26-18)13-2-1-5-24-9-13/h1-6,9-10,20H,7-8,11-12H2. The number of carbonyl (C=O) groups is 1. The zero-order valence-electron chi connectivity index (χ0n) is 16.2. The Morgan fingerprint density at radius 3 is 2.71 bits per heavy atom. The molecule has 3 aromatic rings. The summed E-state index contributed by atoms with van der Waals surface area (Å²) in [6.45, 7) is 0.509. The summed E-state index contributed by atoms with van der Waals surface area (Å²) in [7, 11) is 0. The highest BCUT2D eigenvalue weighted by Crippen LogP contribution is 2.27. The van der Waals surface area contributed by atoms with Crippen LogP contribution in [0.25, 0.3) is 11.3 Å². The lowest BCUT2D eigenvalue weighted by molar-refractivity contribution is -0.385. The van der Waals surface area contributed by atoms with E-state index in [0.717, 1.165) is 11.1 Å². The van der Waals surface area contributed by atoms with Crippen molar-refractivity contribution < 1.29 is 18.5 Å². The van der Waals surface area contributed by atoms with Gasteiger partial charge >= 0.3 is 0 Å². The second-order valence-electron chi connectivity index (χ2n) is 7.13. The molecule has 0 aliphatic carbocycles. The van der Waals surface area contributed by atoms with Crippen LogP contribution in [0.1, 0.15) is 22.5 Å². The fourth-order valence-corrected chi connectivity index (χ4v) is 3.50. The first-order valence-electron chi connectivity index (χ1n) is 9.48. The quantitative estimate of drug-likeness (QED) is 0.443. The molecule has 4 rings (SSSR count). The highest BCUT2D eigenvalue weighted by Gasteiger charge is 2.27. The van der Waals surface area contributed by atoms with E-state index in [-0.39, 0.29) is 42.5 Å².